The molecule has 7 nitrogen and oxygen atoms in total. The van der Waals surface area contributed by atoms with Crippen LogP contribution in [0.2, 0.25) is 0 Å². The quantitative estimate of drug-likeness (QED) is 0.682. The second-order valence-corrected chi connectivity index (χ2v) is 4.91. The number of nitrogens with zero attached hydrogens (tertiary/aromatic N) is 2. The second-order valence-electron chi connectivity index (χ2n) is 4.91. The van der Waals surface area contributed by atoms with E-state index in [1.54, 1.807) is 6.07 Å². The van der Waals surface area contributed by atoms with Gasteiger partial charge in [0.1, 0.15) is 5.52 Å². The van der Waals surface area contributed by atoms with Gasteiger partial charge in [0.2, 0.25) is 0 Å². The summed E-state index contributed by atoms with van der Waals surface area (Å²) < 4.78 is 11.1. The largest absolute Gasteiger partial charge is 0.423 e. The minimum atomic E-state index is -0.454. The summed E-state index contributed by atoms with van der Waals surface area (Å²) in [6.45, 7) is 2.80. The fourth-order valence-corrected chi connectivity index (χ4v) is 2.37. The van der Waals surface area contributed by atoms with Crippen LogP contribution in [-0.4, -0.2) is 28.7 Å². The van der Waals surface area contributed by atoms with Crippen molar-refractivity contribution in [1.82, 2.24) is 4.98 Å². The number of nitrogens with one attached hydrogen (secondary N) is 1. The summed E-state index contributed by atoms with van der Waals surface area (Å²) in [5.41, 5.74) is 0.992. The third-order valence-corrected chi connectivity index (χ3v) is 3.46. The minimum absolute atomic E-state index is 0.00706. The number of rotatable bonds is 4. The molecule has 1 saturated heterocycles. The highest BCUT2D eigenvalue weighted by atomic mass is 16.6. The number of hydrogen-bond acceptors (Lipinski definition) is 6. The maximum Gasteiger partial charge on any atom is 0.295 e. The number of ether oxygens (including phenoxy) is 1. The molecule has 106 valence electrons. The Bertz CT molecular complexity index is 634. The van der Waals surface area contributed by atoms with Gasteiger partial charge in [0.25, 0.3) is 11.7 Å². The predicted octanol–water partition coefficient (Wildman–Crippen LogP) is 2.72. The number of fused-ring (bicyclic) bond motifs is 1. The average Bonchev–Trinajstić information content (AvgIpc) is 3.06. The molecular formula is C13H15N3O4. The van der Waals surface area contributed by atoms with Crippen molar-refractivity contribution < 1.29 is 14.1 Å². The van der Waals surface area contributed by atoms with Crippen molar-refractivity contribution >= 4 is 22.8 Å². The first-order valence-corrected chi connectivity index (χ1v) is 6.56. The average molecular weight is 277 g/mol. The van der Waals surface area contributed by atoms with Gasteiger partial charge >= 0.3 is 0 Å². The van der Waals surface area contributed by atoms with E-state index in [2.05, 4.69) is 10.3 Å². The Morgan fingerprint density at radius 1 is 1.55 bits per heavy atom. The van der Waals surface area contributed by atoms with Gasteiger partial charge in [-0.15, -0.1) is 0 Å². The first-order valence-electron chi connectivity index (χ1n) is 6.56. The molecule has 0 radical (unpaired) electrons. The highest BCUT2D eigenvalue weighted by molar-refractivity contribution is 5.77. The van der Waals surface area contributed by atoms with Crippen LogP contribution in [0.4, 0.5) is 11.7 Å². The van der Waals surface area contributed by atoms with Gasteiger partial charge in [-0.1, -0.05) is 0 Å². The van der Waals surface area contributed by atoms with E-state index in [4.69, 9.17) is 9.15 Å². The van der Waals surface area contributed by atoms with E-state index in [0.29, 0.717) is 17.1 Å². The molecule has 0 aliphatic carbocycles. The van der Waals surface area contributed by atoms with Gasteiger partial charge < -0.3 is 14.5 Å². The molecule has 1 aromatic heterocycles. The number of nitro groups is 1. The monoisotopic (exact) mass is 277 g/mol. The van der Waals surface area contributed by atoms with E-state index in [1.807, 2.05) is 6.92 Å². The zero-order chi connectivity index (χ0) is 14.1. The highest BCUT2D eigenvalue weighted by Gasteiger charge is 2.23. The van der Waals surface area contributed by atoms with Gasteiger partial charge in [-0.2, -0.15) is 4.98 Å². The van der Waals surface area contributed by atoms with Crippen LogP contribution in [0.3, 0.4) is 0 Å². The summed E-state index contributed by atoms with van der Waals surface area (Å²) in [6, 6.07) is 4.82. The third kappa shape index (κ3) is 2.44. The van der Waals surface area contributed by atoms with Crippen molar-refractivity contribution in [3.05, 3.63) is 28.3 Å². The third-order valence-electron chi connectivity index (χ3n) is 3.46. The highest BCUT2D eigenvalue weighted by Crippen LogP contribution is 2.25. The van der Waals surface area contributed by atoms with Gasteiger partial charge in [0.05, 0.1) is 23.1 Å². The molecular weight excluding hydrogens is 262 g/mol. The van der Waals surface area contributed by atoms with E-state index in [-0.39, 0.29) is 17.8 Å². The Morgan fingerprint density at radius 2 is 2.40 bits per heavy atom. The zero-order valence-corrected chi connectivity index (χ0v) is 11.0. The van der Waals surface area contributed by atoms with Crippen molar-refractivity contribution in [3.8, 4) is 0 Å². The molecule has 1 aromatic carbocycles. The number of nitro benzene ring substituents is 1. The van der Waals surface area contributed by atoms with E-state index >= 15 is 0 Å². The van der Waals surface area contributed by atoms with E-state index in [0.717, 1.165) is 19.4 Å². The van der Waals surface area contributed by atoms with E-state index in [1.165, 1.54) is 12.1 Å². The lowest BCUT2D eigenvalue weighted by Gasteiger charge is -2.18. The lowest BCUT2D eigenvalue weighted by atomic mass is 10.1. The zero-order valence-electron chi connectivity index (χ0n) is 11.0. The lowest BCUT2D eigenvalue weighted by Crippen LogP contribution is -2.30. The van der Waals surface area contributed by atoms with Crippen LogP contribution in [0.1, 0.15) is 19.8 Å². The normalized spacial score (nSPS) is 20.1. The van der Waals surface area contributed by atoms with Gasteiger partial charge in [0.15, 0.2) is 5.58 Å². The lowest BCUT2D eigenvalue weighted by molar-refractivity contribution is -0.384. The summed E-state index contributed by atoms with van der Waals surface area (Å²) in [5, 5.41) is 13.9. The molecule has 2 unspecified atom stereocenters. The molecule has 2 aromatic rings. The fraction of sp³-hybridized carbons (Fsp3) is 0.462. The Hall–Kier alpha value is -2.15. The summed E-state index contributed by atoms with van der Waals surface area (Å²) in [5.74, 6) is 0. The maximum atomic E-state index is 10.7. The molecule has 0 spiro atoms. The molecule has 7 heteroatoms. The first-order chi connectivity index (χ1) is 9.63. The van der Waals surface area contributed by atoms with Crippen LogP contribution in [-0.2, 0) is 4.74 Å². The molecule has 1 N–H and O–H groups in total. The molecule has 20 heavy (non-hydrogen) atoms. The standard InChI is InChI=1S/C13H15N3O4/c1-8(11-3-2-6-19-11)14-13-15-10-5-4-9(16(17)18)7-12(10)20-13/h4-5,7-8,11H,2-3,6H2,1H3,(H,14,15). The Labute approximate surface area is 115 Å². The van der Waals surface area contributed by atoms with Gasteiger partial charge in [-0.25, -0.2) is 0 Å². The molecule has 1 aliphatic heterocycles. The minimum Gasteiger partial charge on any atom is -0.423 e. The van der Waals surface area contributed by atoms with Crippen LogP contribution in [0, 0.1) is 10.1 Å². The Morgan fingerprint density at radius 3 is 3.10 bits per heavy atom. The summed E-state index contributed by atoms with van der Waals surface area (Å²) >= 11 is 0. The Kier molecular flexibility index (Phi) is 3.27. The summed E-state index contributed by atoms with van der Waals surface area (Å²) in [6.07, 6.45) is 2.23. The molecule has 3 rings (SSSR count). The molecule has 1 fully saturated rings. The second kappa shape index (κ2) is 5.09. The molecule has 2 atom stereocenters. The van der Waals surface area contributed by atoms with Gasteiger partial charge in [-0.3, -0.25) is 10.1 Å². The summed E-state index contributed by atoms with van der Waals surface area (Å²) in [4.78, 5) is 14.5. The Balaban J connectivity index is 1.79. The number of aromatic nitrogens is 1. The first kappa shape index (κ1) is 12.9. The predicted molar refractivity (Wildman–Crippen MR) is 72.7 cm³/mol. The number of non-ortho nitro benzene ring substituents is 1. The number of oxazole rings is 1. The van der Waals surface area contributed by atoms with Crippen LogP contribution in [0.15, 0.2) is 22.6 Å². The molecule has 0 saturated carbocycles. The van der Waals surface area contributed by atoms with Gasteiger partial charge in [-0.05, 0) is 25.8 Å². The number of anilines is 1. The topological polar surface area (TPSA) is 90.4 Å². The van der Waals surface area contributed by atoms with Crippen molar-refractivity contribution in [2.24, 2.45) is 0 Å². The van der Waals surface area contributed by atoms with Crippen LogP contribution in [0.5, 0.6) is 0 Å². The van der Waals surface area contributed by atoms with Gasteiger partial charge in [0, 0.05) is 12.7 Å². The molecule has 0 amide bonds. The molecule has 1 aliphatic rings. The van der Waals surface area contributed by atoms with Crippen molar-refractivity contribution in [1.29, 1.82) is 0 Å². The molecule has 2 heterocycles. The van der Waals surface area contributed by atoms with E-state index < -0.39 is 4.92 Å². The van der Waals surface area contributed by atoms with E-state index in [9.17, 15) is 10.1 Å². The number of benzene rings is 1. The van der Waals surface area contributed by atoms with Crippen LogP contribution < -0.4 is 5.32 Å². The van der Waals surface area contributed by atoms with Crippen molar-refractivity contribution in [3.63, 3.8) is 0 Å². The number of hydrogen-bond donors (Lipinski definition) is 1. The maximum absolute atomic E-state index is 10.7. The van der Waals surface area contributed by atoms with Crippen molar-refractivity contribution in [2.75, 3.05) is 11.9 Å². The van der Waals surface area contributed by atoms with Crippen molar-refractivity contribution in [2.45, 2.75) is 31.9 Å². The SMILES string of the molecule is CC(Nc1nc2ccc([N+](=O)[O-])cc2o1)C1CCCO1. The fourth-order valence-electron chi connectivity index (χ4n) is 2.37. The summed E-state index contributed by atoms with van der Waals surface area (Å²) in [7, 11) is 0. The molecule has 0 bridgehead atoms. The smallest absolute Gasteiger partial charge is 0.295 e. The van der Waals surface area contributed by atoms with Crippen LogP contribution >= 0.6 is 0 Å². The van der Waals surface area contributed by atoms with Crippen LogP contribution in [0.25, 0.3) is 11.1 Å².